The van der Waals surface area contributed by atoms with Crippen LogP contribution in [0, 0.1) is 12.8 Å². The van der Waals surface area contributed by atoms with E-state index >= 15 is 0 Å². The first-order valence-electron chi connectivity index (χ1n) is 12.2. The van der Waals surface area contributed by atoms with Crippen LogP contribution in [0.1, 0.15) is 64.2 Å². The van der Waals surface area contributed by atoms with Crippen molar-refractivity contribution in [2.24, 2.45) is 10.9 Å². The van der Waals surface area contributed by atoms with Crippen LogP contribution in [-0.4, -0.2) is 11.7 Å². The maximum atomic E-state index is 12.5. The predicted octanol–water partition coefficient (Wildman–Crippen LogP) is 7.20. The van der Waals surface area contributed by atoms with Gasteiger partial charge in [-0.3, -0.25) is 4.79 Å². The second-order valence-electron chi connectivity index (χ2n) is 9.18. The molecule has 2 aromatic rings. The summed E-state index contributed by atoms with van der Waals surface area (Å²) in [6, 6.07) is 16.0. The molecular formula is C30H37N3O. The van der Waals surface area contributed by atoms with Crippen molar-refractivity contribution in [2.45, 2.75) is 60.8 Å². The van der Waals surface area contributed by atoms with Gasteiger partial charge >= 0.3 is 0 Å². The van der Waals surface area contributed by atoms with E-state index in [1.165, 1.54) is 22.3 Å². The van der Waals surface area contributed by atoms with E-state index in [2.05, 4.69) is 51.3 Å². The quantitative estimate of drug-likeness (QED) is 0.442. The van der Waals surface area contributed by atoms with Crippen LogP contribution in [0.4, 0.5) is 5.69 Å². The average molecular weight is 456 g/mol. The summed E-state index contributed by atoms with van der Waals surface area (Å²) in [5.74, 6) is 1.37. The zero-order valence-electron chi connectivity index (χ0n) is 21.3. The molecule has 34 heavy (non-hydrogen) atoms. The normalized spacial score (nSPS) is 17.3. The second kappa shape index (κ2) is 11.6. The number of hydrogen-bond donors (Lipinski definition) is 2. The molecule has 0 saturated heterocycles. The molecule has 1 aliphatic rings. The zero-order valence-corrected chi connectivity index (χ0v) is 21.3. The zero-order chi connectivity index (χ0) is 24.7. The Balaban J connectivity index is 1.77. The fourth-order valence-electron chi connectivity index (χ4n) is 3.67. The van der Waals surface area contributed by atoms with Crippen molar-refractivity contribution in [1.82, 2.24) is 5.32 Å². The smallest absolute Gasteiger partial charge is 0.228 e. The van der Waals surface area contributed by atoms with Crippen molar-refractivity contribution in [3.05, 3.63) is 94.2 Å². The number of amides is 1. The van der Waals surface area contributed by atoms with Crippen LogP contribution in [0.25, 0.3) is 5.70 Å². The van der Waals surface area contributed by atoms with Crippen molar-refractivity contribution in [3.8, 4) is 0 Å². The molecule has 1 amide bonds. The van der Waals surface area contributed by atoms with Crippen LogP contribution in [-0.2, 0) is 11.2 Å². The molecule has 4 heteroatoms. The number of benzene rings is 2. The molecule has 1 atom stereocenters. The topological polar surface area (TPSA) is 53.5 Å². The molecule has 0 aromatic heterocycles. The van der Waals surface area contributed by atoms with E-state index in [-0.39, 0.29) is 5.91 Å². The molecule has 1 aliphatic heterocycles. The van der Waals surface area contributed by atoms with Gasteiger partial charge in [0.15, 0.2) is 0 Å². The van der Waals surface area contributed by atoms with E-state index in [9.17, 15) is 4.79 Å². The largest absolute Gasteiger partial charge is 0.339 e. The molecule has 0 radical (unpaired) electrons. The number of nitrogens with one attached hydrogen (secondary N) is 2. The third-order valence-corrected chi connectivity index (χ3v) is 6.51. The van der Waals surface area contributed by atoms with Gasteiger partial charge in [-0.2, -0.15) is 0 Å². The lowest BCUT2D eigenvalue weighted by Crippen LogP contribution is -2.18. The van der Waals surface area contributed by atoms with Crippen molar-refractivity contribution >= 4 is 23.1 Å². The van der Waals surface area contributed by atoms with Crippen molar-refractivity contribution in [1.29, 1.82) is 0 Å². The molecular weight excluding hydrogens is 418 g/mol. The van der Waals surface area contributed by atoms with Gasteiger partial charge in [0.25, 0.3) is 0 Å². The number of aliphatic imine (C=N–C) groups is 1. The highest BCUT2D eigenvalue weighted by Crippen LogP contribution is 2.28. The first-order chi connectivity index (χ1) is 16.3. The van der Waals surface area contributed by atoms with Gasteiger partial charge in [0.1, 0.15) is 5.84 Å². The minimum absolute atomic E-state index is 0.0169. The van der Waals surface area contributed by atoms with Crippen LogP contribution < -0.4 is 10.6 Å². The number of nitrogens with zero attached hydrogens (tertiary/aromatic N) is 1. The number of carbonyl (C=O) groups excluding carboxylic acids is 1. The Kier molecular flexibility index (Phi) is 8.64. The Morgan fingerprint density at radius 1 is 1.06 bits per heavy atom. The fraction of sp³-hybridized carbons (Fsp3) is 0.333. The SMILES string of the molecule is CCC(C)=CN=C1NC(c2ccc(NC(=O)Cc3ccc(C)cc3)cc2)=C/C1=C(/C)C(C)CC. The van der Waals surface area contributed by atoms with Crippen LogP contribution >= 0.6 is 0 Å². The van der Waals surface area contributed by atoms with Gasteiger partial charge in [-0.1, -0.05) is 73.9 Å². The summed E-state index contributed by atoms with van der Waals surface area (Å²) in [5, 5.41) is 6.52. The summed E-state index contributed by atoms with van der Waals surface area (Å²) in [6.07, 6.45) is 6.59. The maximum Gasteiger partial charge on any atom is 0.228 e. The van der Waals surface area contributed by atoms with Crippen LogP contribution in [0.2, 0.25) is 0 Å². The average Bonchev–Trinajstić information content (AvgIpc) is 3.27. The molecule has 2 aromatic carbocycles. The Morgan fingerprint density at radius 2 is 1.74 bits per heavy atom. The molecule has 178 valence electrons. The van der Waals surface area contributed by atoms with E-state index in [1.54, 1.807) is 0 Å². The van der Waals surface area contributed by atoms with E-state index in [0.717, 1.165) is 41.2 Å². The number of aryl methyl sites for hydroxylation is 1. The Hall–Kier alpha value is -3.40. The van der Waals surface area contributed by atoms with Crippen LogP contribution in [0.3, 0.4) is 0 Å². The molecule has 3 rings (SSSR count). The summed E-state index contributed by atoms with van der Waals surface area (Å²) < 4.78 is 0. The molecule has 1 unspecified atom stereocenters. The number of anilines is 1. The molecule has 0 spiro atoms. The van der Waals surface area contributed by atoms with Crippen LogP contribution in [0.15, 0.2) is 82.5 Å². The van der Waals surface area contributed by atoms with E-state index in [4.69, 9.17) is 4.99 Å². The number of hydrogen-bond acceptors (Lipinski definition) is 2. The minimum Gasteiger partial charge on any atom is -0.339 e. The van der Waals surface area contributed by atoms with E-state index in [0.29, 0.717) is 12.3 Å². The maximum absolute atomic E-state index is 12.5. The predicted molar refractivity (Wildman–Crippen MR) is 145 cm³/mol. The van der Waals surface area contributed by atoms with Gasteiger partial charge in [0, 0.05) is 23.2 Å². The third-order valence-electron chi connectivity index (χ3n) is 6.51. The number of rotatable bonds is 8. The Bertz CT molecular complexity index is 1130. The fourth-order valence-corrected chi connectivity index (χ4v) is 3.67. The molecule has 0 fully saturated rings. The number of carbonyl (C=O) groups is 1. The lowest BCUT2D eigenvalue weighted by molar-refractivity contribution is -0.115. The monoisotopic (exact) mass is 455 g/mol. The summed E-state index contributed by atoms with van der Waals surface area (Å²) in [6.45, 7) is 13.0. The first kappa shape index (κ1) is 25.2. The molecule has 4 nitrogen and oxygen atoms in total. The summed E-state index contributed by atoms with van der Waals surface area (Å²) in [4.78, 5) is 17.2. The summed E-state index contributed by atoms with van der Waals surface area (Å²) in [5.41, 5.74) is 8.83. The minimum atomic E-state index is -0.0169. The molecule has 0 saturated carbocycles. The molecule has 0 bridgehead atoms. The number of amidine groups is 1. The number of allylic oxidation sites excluding steroid dienone is 2. The van der Waals surface area contributed by atoms with Gasteiger partial charge < -0.3 is 10.6 Å². The second-order valence-corrected chi connectivity index (χ2v) is 9.18. The third kappa shape index (κ3) is 6.57. The van der Waals surface area contributed by atoms with Gasteiger partial charge in [0.2, 0.25) is 5.91 Å². The van der Waals surface area contributed by atoms with E-state index in [1.807, 2.05) is 61.7 Å². The summed E-state index contributed by atoms with van der Waals surface area (Å²) >= 11 is 0. The van der Waals surface area contributed by atoms with Crippen LogP contribution in [0.5, 0.6) is 0 Å². The Labute approximate surface area is 204 Å². The standard InChI is InChI=1S/C30H37N3O/c1-7-20(3)19-31-30-27(23(6)22(5)8-2)18-28(33-30)25-13-15-26(16-14-25)32-29(34)17-24-11-9-21(4)10-12-24/h9-16,18-19,22H,7-8,17H2,1-6H3,(H,31,33)(H,32,34)/b20-19?,27-23+. The van der Waals surface area contributed by atoms with E-state index < -0.39 is 0 Å². The lowest BCUT2D eigenvalue weighted by atomic mass is 9.94. The molecule has 2 N–H and O–H groups in total. The van der Waals surface area contributed by atoms with Crippen molar-refractivity contribution < 1.29 is 4.79 Å². The van der Waals surface area contributed by atoms with Gasteiger partial charge in [-0.05, 0) is 68.9 Å². The van der Waals surface area contributed by atoms with Crippen molar-refractivity contribution in [3.63, 3.8) is 0 Å². The van der Waals surface area contributed by atoms with Gasteiger partial charge in [-0.15, -0.1) is 0 Å². The highest BCUT2D eigenvalue weighted by atomic mass is 16.1. The highest BCUT2D eigenvalue weighted by Gasteiger charge is 2.21. The Morgan fingerprint density at radius 3 is 2.35 bits per heavy atom. The van der Waals surface area contributed by atoms with Gasteiger partial charge in [-0.25, -0.2) is 4.99 Å². The first-order valence-corrected chi connectivity index (χ1v) is 12.2. The molecule has 1 heterocycles. The lowest BCUT2D eigenvalue weighted by Gasteiger charge is -2.12. The molecule has 0 aliphatic carbocycles. The van der Waals surface area contributed by atoms with Gasteiger partial charge in [0.05, 0.1) is 6.42 Å². The van der Waals surface area contributed by atoms with Crippen molar-refractivity contribution in [2.75, 3.05) is 5.32 Å². The summed E-state index contributed by atoms with van der Waals surface area (Å²) in [7, 11) is 0. The highest BCUT2D eigenvalue weighted by molar-refractivity contribution is 6.12.